The van der Waals surface area contributed by atoms with Crippen LogP contribution in [-0.4, -0.2) is 19.1 Å². The van der Waals surface area contributed by atoms with E-state index >= 15 is 0 Å². The van der Waals surface area contributed by atoms with Crippen molar-refractivity contribution in [2.45, 2.75) is 52.1 Å². The van der Waals surface area contributed by atoms with Gasteiger partial charge in [-0.1, -0.05) is 13.8 Å². The summed E-state index contributed by atoms with van der Waals surface area (Å²) in [4.78, 5) is 1.86. The van der Waals surface area contributed by atoms with Crippen molar-refractivity contribution in [2.24, 2.45) is 5.41 Å². The van der Waals surface area contributed by atoms with Crippen LogP contribution >= 0.6 is 0 Å². The fourth-order valence-corrected chi connectivity index (χ4v) is 2.91. The number of rotatable bonds is 4. The summed E-state index contributed by atoms with van der Waals surface area (Å²) >= 11 is 0. The first-order valence-corrected chi connectivity index (χ1v) is 7.91. The van der Waals surface area contributed by atoms with Gasteiger partial charge in [0, 0.05) is 25.7 Å². The van der Waals surface area contributed by atoms with Gasteiger partial charge in [-0.05, 0) is 48.8 Å². The molecule has 0 atom stereocenters. The Bertz CT molecular complexity index is 491. The molecule has 116 valence electrons. The van der Waals surface area contributed by atoms with E-state index in [1.807, 2.05) is 4.90 Å². The molecule has 0 unspecified atom stereocenters. The SMILES string of the molecule is CC1(C)CCN(c2c(F)cc(CNC3CC3)cc2F)CC1. The van der Waals surface area contributed by atoms with E-state index in [9.17, 15) is 8.78 Å². The van der Waals surface area contributed by atoms with Crippen molar-refractivity contribution in [2.75, 3.05) is 18.0 Å². The highest BCUT2D eigenvalue weighted by molar-refractivity contribution is 5.51. The third-order valence-electron chi connectivity index (χ3n) is 4.68. The second-order valence-electron chi connectivity index (χ2n) is 7.21. The van der Waals surface area contributed by atoms with Crippen molar-refractivity contribution in [3.05, 3.63) is 29.3 Å². The van der Waals surface area contributed by atoms with Gasteiger partial charge in [-0.3, -0.25) is 0 Å². The van der Waals surface area contributed by atoms with E-state index < -0.39 is 11.6 Å². The minimum Gasteiger partial charge on any atom is -0.367 e. The Labute approximate surface area is 125 Å². The molecule has 1 saturated heterocycles. The molecule has 2 fully saturated rings. The third-order valence-corrected chi connectivity index (χ3v) is 4.68. The van der Waals surface area contributed by atoms with Crippen LogP contribution in [0.1, 0.15) is 45.1 Å². The maximum absolute atomic E-state index is 14.3. The predicted octanol–water partition coefficient (Wildman–Crippen LogP) is 3.84. The molecule has 2 nitrogen and oxygen atoms in total. The first-order valence-electron chi connectivity index (χ1n) is 7.91. The van der Waals surface area contributed by atoms with E-state index in [1.165, 1.54) is 25.0 Å². The number of benzene rings is 1. The molecule has 0 amide bonds. The lowest BCUT2D eigenvalue weighted by Gasteiger charge is -2.38. The molecular weight excluding hydrogens is 270 g/mol. The number of halogens is 2. The minimum absolute atomic E-state index is 0.153. The molecule has 0 aromatic heterocycles. The first-order chi connectivity index (χ1) is 9.94. The number of hydrogen-bond acceptors (Lipinski definition) is 2. The van der Waals surface area contributed by atoms with Gasteiger partial charge in [0.1, 0.15) is 17.3 Å². The van der Waals surface area contributed by atoms with E-state index in [4.69, 9.17) is 0 Å². The van der Waals surface area contributed by atoms with Crippen molar-refractivity contribution >= 4 is 5.69 Å². The van der Waals surface area contributed by atoms with Gasteiger partial charge in [0.15, 0.2) is 0 Å². The van der Waals surface area contributed by atoms with Crippen LogP contribution in [0.2, 0.25) is 0 Å². The minimum atomic E-state index is -0.428. The number of nitrogens with zero attached hydrogens (tertiary/aromatic N) is 1. The number of piperidine rings is 1. The molecule has 1 heterocycles. The smallest absolute Gasteiger partial charge is 0.149 e. The molecule has 3 rings (SSSR count). The zero-order chi connectivity index (χ0) is 15.0. The highest BCUT2D eigenvalue weighted by atomic mass is 19.1. The second kappa shape index (κ2) is 5.56. The summed E-state index contributed by atoms with van der Waals surface area (Å²) in [5.74, 6) is -0.857. The monoisotopic (exact) mass is 294 g/mol. The molecule has 1 aliphatic heterocycles. The van der Waals surface area contributed by atoms with Gasteiger partial charge in [-0.2, -0.15) is 0 Å². The largest absolute Gasteiger partial charge is 0.367 e. The molecule has 1 aromatic rings. The van der Waals surface area contributed by atoms with Crippen LogP contribution in [0.4, 0.5) is 14.5 Å². The van der Waals surface area contributed by atoms with Crippen molar-refractivity contribution < 1.29 is 8.78 Å². The van der Waals surface area contributed by atoms with E-state index in [0.717, 1.165) is 25.9 Å². The van der Waals surface area contributed by atoms with Gasteiger partial charge in [-0.15, -0.1) is 0 Å². The zero-order valence-electron chi connectivity index (χ0n) is 12.9. The summed E-state index contributed by atoms with van der Waals surface area (Å²) in [7, 11) is 0. The molecular formula is C17H24F2N2. The van der Waals surface area contributed by atoms with Crippen LogP contribution in [0.5, 0.6) is 0 Å². The second-order valence-corrected chi connectivity index (χ2v) is 7.21. The fraction of sp³-hybridized carbons (Fsp3) is 0.647. The van der Waals surface area contributed by atoms with E-state index in [-0.39, 0.29) is 11.1 Å². The van der Waals surface area contributed by atoms with Crippen LogP contribution < -0.4 is 10.2 Å². The average Bonchev–Trinajstić information content (AvgIpc) is 3.21. The molecule has 1 N–H and O–H groups in total. The van der Waals surface area contributed by atoms with Gasteiger partial charge in [0.25, 0.3) is 0 Å². The molecule has 1 aromatic carbocycles. The van der Waals surface area contributed by atoms with E-state index in [1.54, 1.807) is 0 Å². The van der Waals surface area contributed by atoms with Crippen LogP contribution in [0.3, 0.4) is 0 Å². The summed E-state index contributed by atoms with van der Waals surface area (Å²) in [5.41, 5.74) is 1.12. The summed E-state index contributed by atoms with van der Waals surface area (Å²) in [6.07, 6.45) is 4.28. The maximum Gasteiger partial charge on any atom is 0.149 e. The van der Waals surface area contributed by atoms with Crippen molar-refractivity contribution in [1.29, 1.82) is 0 Å². The Morgan fingerprint density at radius 3 is 2.24 bits per heavy atom. The summed E-state index contributed by atoms with van der Waals surface area (Å²) in [6.45, 7) is 6.42. The van der Waals surface area contributed by atoms with Crippen molar-refractivity contribution in [3.8, 4) is 0 Å². The van der Waals surface area contributed by atoms with Crippen LogP contribution in [-0.2, 0) is 6.54 Å². The highest BCUT2D eigenvalue weighted by Gasteiger charge is 2.28. The maximum atomic E-state index is 14.3. The topological polar surface area (TPSA) is 15.3 Å². The number of hydrogen-bond donors (Lipinski definition) is 1. The van der Waals surface area contributed by atoms with Crippen LogP contribution in [0.25, 0.3) is 0 Å². The normalized spacial score (nSPS) is 21.6. The Kier molecular flexibility index (Phi) is 3.91. The van der Waals surface area contributed by atoms with E-state index in [2.05, 4.69) is 19.2 Å². The fourth-order valence-electron chi connectivity index (χ4n) is 2.91. The summed E-state index contributed by atoms with van der Waals surface area (Å²) in [6, 6.07) is 3.50. The van der Waals surface area contributed by atoms with Gasteiger partial charge < -0.3 is 10.2 Å². The third kappa shape index (κ3) is 3.54. The molecule has 4 heteroatoms. The standard InChI is InChI=1S/C17H24F2N2/c1-17(2)5-7-21(8-6-17)16-14(18)9-12(10-15(16)19)11-20-13-3-4-13/h9-10,13,20H,3-8,11H2,1-2H3. The lowest BCUT2D eigenvalue weighted by Crippen LogP contribution is -2.38. The molecule has 1 aliphatic carbocycles. The molecule has 0 spiro atoms. The highest BCUT2D eigenvalue weighted by Crippen LogP contribution is 2.34. The van der Waals surface area contributed by atoms with Gasteiger partial charge in [-0.25, -0.2) is 8.78 Å². The average molecular weight is 294 g/mol. The van der Waals surface area contributed by atoms with Crippen molar-refractivity contribution in [3.63, 3.8) is 0 Å². The first kappa shape index (κ1) is 14.8. The van der Waals surface area contributed by atoms with Crippen LogP contribution in [0.15, 0.2) is 12.1 Å². The molecule has 0 radical (unpaired) electrons. The molecule has 0 bridgehead atoms. The Morgan fingerprint density at radius 2 is 1.71 bits per heavy atom. The Balaban J connectivity index is 1.72. The molecule has 21 heavy (non-hydrogen) atoms. The zero-order valence-corrected chi connectivity index (χ0v) is 12.9. The van der Waals surface area contributed by atoms with Crippen molar-refractivity contribution in [1.82, 2.24) is 5.32 Å². The van der Waals surface area contributed by atoms with Crippen LogP contribution in [0, 0.1) is 17.0 Å². The lowest BCUT2D eigenvalue weighted by molar-refractivity contribution is 0.278. The number of anilines is 1. The lowest BCUT2D eigenvalue weighted by atomic mass is 9.82. The summed E-state index contributed by atoms with van der Waals surface area (Å²) < 4.78 is 28.6. The number of nitrogens with one attached hydrogen (secondary N) is 1. The Hall–Kier alpha value is -1.16. The Morgan fingerprint density at radius 1 is 1.14 bits per heavy atom. The molecule has 2 aliphatic rings. The molecule has 1 saturated carbocycles. The quantitative estimate of drug-likeness (QED) is 0.907. The van der Waals surface area contributed by atoms with E-state index in [0.29, 0.717) is 18.2 Å². The van der Waals surface area contributed by atoms with Gasteiger partial charge in [0.05, 0.1) is 0 Å². The summed E-state index contributed by atoms with van der Waals surface area (Å²) in [5, 5.41) is 3.29. The van der Waals surface area contributed by atoms with Gasteiger partial charge in [0.2, 0.25) is 0 Å². The predicted molar refractivity (Wildman–Crippen MR) is 81.4 cm³/mol. The van der Waals surface area contributed by atoms with Gasteiger partial charge >= 0.3 is 0 Å².